The van der Waals surface area contributed by atoms with E-state index in [-0.39, 0.29) is 31.6 Å². The van der Waals surface area contributed by atoms with Gasteiger partial charge in [0, 0.05) is 32.4 Å². The minimum atomic E-state index is -0.125. The Kier molecular flexibility index (Phi) is 7.56. The normalized spacial score (nSPS) is 10.5. The molecule has 1 aromatic carbocycles. The monoisotopic (exact) mass is 500 g/mol. The van der Waals surface area contributed by atoms with Gasteiger partial charge in [0.1, 0.15) is 0 Å². The fraction of sp³-hybridized carbons (Fsp3) is 0.158. The van der Waals surface area contributed by atoms with E-state index in [9.17, 15) is 4.79 Å². The quantitative estimate of drug-likeness (QED) is 0.329. The van der Waals surface area contributed by atoms with Gasteiger partial charge in [0.15, 0.2) is 5.78 Å². The van der Waals surface area contributed by atoms with Crippen molar-refractivity contribution in [3.8, 4) is 11.3 Å². The number of fused-ring (bicyclic) bond motifs is 1. The molecule has 0 unspecified atom stereocenters. The molecule has 1 radical (unpaired) electrons. The first-order valence-electron chi connectivity index (χ1n) is 7.23. The largest absolute Gasteiger partial charge is 0.512 e. The van der Waals surface area contributed by atoms with E-state index in [0.29, 0.717) is 0 Å². The van der Waals surface area contributed by atoms with Gasteiger partial charge in [0.2, 0.25) is 0 Å². The summed E-state index contributed by atoms with van der Waals surface area (Å²) < 4.78 is 1.98. The summed E-state index contributed by atoms with van der Waals surface area (Å²) in [4.78, 5) is 14.5. The molecule has 2 heterocycles. The Bertz CT molecular complexity index is 844. The molecule has 0 aliphatic carbocycles. The average Bonchev–Trinajstić information content (AvgIpc) is 2.92. The first kappa shape index (κ1) is 19.8. The number of carbonyl (C=O) groups excluding carboxylic acids is 1. The number of carbonyl (C=O) groups is 1. The molecule has 0 amide bonds. The van der Waals surface area contributed by atoms with Gasteiger partial charge in [0.05, 0.1) is 5.76 Å². The minimum Gasteiger partial charge on any atom is -0.512 e. The van der Waals surface area contributed by atoms with Crippen molar-refractivity contribution in [2.75, 3.05) is 0 Å². The zero-order valence-electron chi connectivity index (χ0n) is 13.8. The predicted octanol–water partition coefficient (Wildman–Crippen LogP) is 4.08. The van der Waals surface area contributed by atoms with Crippen LogP contribution in [-0.4, -0.2) is 20.4 Å². The maximum atomic E-state index is 10.0. The molecule has 0 aliphatic rings. The van der Waals surface area contributed by atoms with Gasteiger partial charge in [-0.25, -0.2) is 0 Å². The number of aliphatic hydroxyl groups excluding tert-OH is 1. The number of aromatic nitrogens is 2. The Balaban J connectivity index is 0.000000312. The Morgan fingerprint density at radius 1 is 1.25 bits per heavy atom. The van der Waals surface area contributed by atoms with E-state index in [2.05, 4.69) is 23.2 Å². The summed E-state index contributed by atoms with van der Waals surface area (Å²) in [5, 5.41) is 10.7. The van der Waals surface area contributed by atoms with Crippen molar-refractivity contribution in [1.82, 2.24) is 9.55 Å². The molecule has 0 fully saturated rings. The number of rotatable bonds is 2. The van der Waals surface area contributed by atoms with Gasteiger partial charge in [0.25, 0.3) is 0 Å². The summed E-state index contributed by atoms with van der Waals surface area (Å²) in [6, 6.07) is 13.5. The molecule has 5 heteroatoms. The van der Waals surface area contributed by atoms with E-state index in [4.69, 9.17) is 5.11 Å². The molecule has 24 heavy (non-hydrogen) atoms. The molecular weight excluding hydrogens is 480 g/mol. The van der Waals surface area contributed by atoms with Crippen LogP contribution in [0.4, 0.5) is 0 Å². The Morgan fingerprint density at radius 2 is 1.96 bits per heavy atom. The fourth-order valence-electron chi connectivity index (χ4n) is 2.21. The maximum Gasteiger partial charge on any atom is 0.155 e. The van der Waals surface area contributed by atoms with Crippen LogP contribution >= 0.6 is 0 Å². The van der Waals surface area contributed by atoms with E-state index >= 15 is 0 Å². The first-order valence-corrected chi connectivity index (χ1v) is 7.23. The SMILES string of the molecule is CC(=O)/C=C(/C)O.Cn1c[c-]c(-c2nccc3ccccc23)c1.[Ir]. The number of pyridine rings is 1. The first-order chi connectivity index (χ1) is 11.0. The summed E-state index contributed by atoms with van der Waals surface area (Å²) in [7, 11) is 1.99. The van der Waals surface area contributed by atoms with Crippen LogP contribution in [0.3, 0.4) is 0 Å². The molecule has 0 saturated carbocycles. The number of allylic oxidation sites excluding steroid dienone is 2. The van der Waals surface area contributed by atoms with E-state index in [1.54, 1.807) is 0 Å². The van der Waals surface area contributed by atoms with Crippen molar-refractivity contribution < 1.29 is 30.0 Å². The minimum absolute atomic E-state index is 0. The van der Waals surface area contributed by atoms with Crippen LogP contribution < -0.4 is 0 Å². The van der Waals surface area contributed by atoms with E-state index < -0.39 is 0 Å². The molecule has 3 rings (SSSR count). The van der Waals surface area contributed by atoms with Gasteiger partial charge in [-0.2, -0.15) is 6.07 Å². The van der Waals surface area contributed by atoms with Gasteiger partial charge < -0.3 is 14.7 Å². The van der Waals surface area contributed by atoms with Crippen LogP contribution in [0.25, 0.3) is 22.0 Å². The van der Waals surface area contributed by atoms with Crippen LogP contribution in [0.15, 0.2) is 60.8 Å². The molecule has 0 atom stereocenters. The molecule has 2 aromatic heterocycles. The summed E-state index contributed by atoms with van der Waals surface area (Å²) in [5.74, 6) is -0.0625. The molecule has 3 aromatic rings. The molecule has 0 aliphatic heterocycles. The van der Waals surface area contributed by atoms with Gasteiger partial charge >= 0.3 is 0 Å². The van der Waals surface area contributed by atoms with Crippen molar-refractivity contribution in [1.29, 1.82) is 0 Å². The van der Waals surface area contributed by atoms with E-state index in [1.807, 2.05) is 48.4 Å². The van der Waals surface area contributed by atoms with Crippen LogP contribution in [0.5, 0.6) is 0 Å². The third kappa shape index (κ3) is 5.44. The third-order valence-electron chi connectivity index (χ3n) is 3.10. The van der Waals surface area contributed by atoms with Crippen molar-refractivity contribution in [2.24, 2.45) is 7.05 Å². The number of nitrogens with zero attached hydrogens (tertiary/aromatic N) is 2. The van der Waals surface area contributed by atoms with Gasteiger partial charge in [-0.1, -0.05) is 36.7 Å². The molecule has 0 spiro atoms. The number of aryl methyl sites for hydroxylation is 1. The second kappa shape index (κ2) is 9.16. The third-order valence-corrected chi connectivity index (χ3v) is 3.10. The summed E-state index contributed by atoms with van der Waals surface area (Å²) in [6.07, 6.45) is 6.96. The zero-order valence-corrected chi connectivity index (χ0v) is 16.2. The maximum absolute atomic E-state index is 10.0. The number of hydrogen-bond donors (Lipinski definition) is 1. The van der Waals surface area contributed by atoms with Gasteiger partial charge in [-0.3, -0.25) is 4.79 Å². The Labute approximate surface area is 155 Å². The second-order valence-electron chi connectivity index (χ2n) is 5.26. The number of hydrogen-bond acceptors (Lipinski definition) is 3. The standard InChI is InChI=1S/C14H11N2.C5H8O2.Ir/c1-16-9-7-12(10-16)14-13-5-3-2-4-11(13)6-8-15-14;1-4(6)3-5(2)7;/h2-6,8-10H,1H3;3,6H,1-2H3;/q-1;;/b;4-3-;. The van der Waals surface area contributed by atoms with Crippen molar-refractivity contribution in [3.05, 3.63) is 66.8 Å². The second-order valence-corrected chi connectivity index (χ2v) is 5.26. The number of benzene rings is 1. The van der Waals surface area contributed by atoms with Gasteiger partial charge in [-0.05, 0) is 43.4 Å². The topological polar surface area (TPSA) is 55.1 Å². The average molecular weight is 500 g/mol. The molecule has 0 bridgehead atoms. The van der Waals surface area contributed by atoms with E-state index in [0.717, 1.165) is 11.3 Å². The van der Waals surface area contributed by atoms with Crippen molar-refractivity contribution in [2.45, 2.75) is 13.8 Å². The van der Waals surface area contributed by atoms with Crippen molar-refractivity contribution >= 4 is 16.6 Å². The Hall–Kier alpha value is -2.23. The predicted molar refractivity (Wildman–Crippen MR) is 92.1 cm³/mol. The van der Waals surface area contributed by atoms with E-state index in [1.165, 1.54) is 30.7 Å². The summed E-state index contributed by atoms with van der Waals surface area (Å²) >= 11 is 0. The Morgan fingerprint density at radius 3 is 2.50 bits per heavy atom. The van der Waals surface area contributed by atoms with Crippen molar-refractivity contribution in [3.63, 3.8) is 0 Å². The summed E-state index contributed by atoms with van der Waals surface area (Å²) in [6.45, 7) is 2.85. The number of ketones is 1. The molecule has 0 saturated heterocycles. The van der Waals surface area contributed by atoms with Crippen LogP contribution in [-0.2, 0) is 31.9 Å². The fourth-order valence-corrected chi connectivity index (χ4v) is 2.21. The molecule has 127 valence electrons. The van der Waals surface area contributed by atoms with Crippen LogP contribution in [0.2, 0.25) is 0 Å². The smallest absolute Gasteiger partial charge is 0.155 e. The number of aliphatic hydroxyl groups is 1. The summed E-state index contributed by atoms with van der Waals surface area (Å²) in [5.41, 5.74) is 2.04. The molecule has 4 nitrogen and oxygen atoms in total. The molecule has 1 N–H and O–H groups in total. The van der Waals surface area contributed by atoms with Gasteiger partial charge in [-0.15, -0.1) is 5.56 Å². The van der Waals surface area contributed by atoms with Crippen LogP contribution in [0, 0.1) is 6.07 Å². The zero-order chi connectivity index (χ0) is 16.8. The van der Waals surface area contributed by atoms with Crippen LogP contribution in [0.1, 0.15) is 13.8 Å². The molecular formula is C19H19IrN2O2-.